The molecule has 0 aliphatic carbocycles. The van der Waals surface area contributed by atoms with Gasteiger partial charge < -0.3 is 9.64 Å². The largest absolute Gasteiger partial charge is 0.378 e. The van der Waals surface area contributed by atoms with Crippen molar-refractivity contribution in [1.29, 1.82) is 0 Å². The van der Waals surface area contributed by atoms with Crippen LogP contribution < -0.4 is 0 Å². The van der Waals surface area contributed by atoms with E-state index >= 15 is 0 Å². The Labute approximate surface area is 212 Å². The second kappa shape index (κ2) is 9.49. The number of alkyl halides is 3. The van der Waals surface area contributed by atoms with Crippen LogP contribution in [0.4, 0.5) is 22.0 Å². The van der Waals surface area contributed by atoms with Gasteiger partial charge in [0.05, 0.1) is 28.1 Å². The molecule has 1 amide bonds. The minimum absolute atomic E-state index is 0.0425. The maximum atomic E-state index is 14.9. The van der Waals surface area contributed by atoms with Crippen molar-refractivity contribution in [3.63, 3.8) is 0 Å². The van der Waals surface area contributed by atoms with E-state index in [1.165, 1.54) is 22.8 Å². The molecule has 37 heavy (non-hydrogen) atoms. The number of carbonyl (C=O) groups excluding carboxylic acids is 1. The molecular weight excluding hydrogens is 521 g/mol. The van der Waals surface area contributed by atoms with Gasteiger partial charge in [-0.05, 0) is 25.1 Å². The standard InChI is InChI=1S/C24H19ClF5N5O2/c1-10-23-32-22(24(36)34-8-11(9-34)37-2)33-35(23)15-7-6-12(19(28)21(29)30)18(25)17(15)20(31-10)16-13(26)4-3-5-14(16)27/h3-7,10-11,19,21H,8-9H2,1-2H3/t10-,19?/m0/s1. The van der Waals surface area contributed by atoms with Crippen LogP contribution in [-0.2, 0) is 4.74 Å². The van der Waals surface area contributed by atoms with Gasteiger partial charge in [0.2, 0.25) is 5.82 Å². The molecule has 13 heteroatoms. The van der Waals surface area contributed by atoms with E-state index in [4.69, 9.17) is 16.3 Å². The molecule has 0 radical (unpaired) electrons. The topological polar surface area (TPSA) is 72.6 Å². The van der Waals surface area contributed by atoms with E-state index in [0.29, 0.717) is 13.1 Å². The third-order valence-electron chi connectivity index (χ3n) is 6.32. The van der Waals surface area contributed by atoms with E-state index in [1.807, 2.05) is 0 Å². The summed E-state index contributed by atoms with van der Waals surface area (Å²) in [6.45, 7) is 2.25. The van der Waals surface area contributed by atoms with Crippen LogP contribution in [0.1, 0.15) is 52.3 Å². The predicted molar refractivity (Wildman–Crippen MR) is 123 cm³/mol. The van der Waals surface area contributed by atoms with Gasteiger partial charge in [-0.2, -0.15) is 0 Å². The first-order valence-corrected chi connectivity index (χ1v) is 11.6. The number of benzene rings is 2. The van der Waals surface area contributed by atoms with Crippen molar-refractivity contribution in [2.75, 3.05) is 20.2 Å². The Kier molecular flexibility index (Phi) is 6.48. The normalized spacial score (nSPS) is 18.1. The fourth-order valence-electron chi connectivity index (χ4n) is 4.32. The number of likely N-dealkylation sites (tertiary alicyclic amines) is 1. The Balaban J connectivity index is 1.72. The van der Waals surface area contributed by atoms with E-state index < -0.39 is 52.3 Å². The van der Waals surface area contributed by atoms with Crippen LogP contribution in [0.2, 0.25) is 5.02 Å². The number of methoxy groups -OCH3 is 1. The van der Waals surface area contributed by atoms with Crippen LogP contribution in [-0.4, -0.2) is 64.0 Å². The molecule has 2 aliphatic heterocycles. The van der Waals surface area contributed by atoms with E-state index in [0.717, 1.165) is 24.3 Å². The monoisotopic (exact) mass is 539 g/mol. The van der Waals surface area contributed by atoms with E-state index in [-0.39, 0.29) is 34.7 Å². The molecule has 0 spiro atoms. The molecule has 2 aromatic carbocycles. The van der Waals surface area contributed by atoms with Crippen LogP contribution in [0.25, 0.3) is 5.69 Å². The quantitative estimate of drug-likeness (QED) is 0.434. The molecule has 1 saturated heterocycles. The molecule has 5 rings (SSSR count). The number of fused-ring (bicyclic) bond motifs is 3. The minimum Gasteiger partial charge on any atom is -0.378 e. The summed E-state index contributed by atoms with van der Waals surface area (Å²) >= 11 is 6.44. The lowest BCUT2D eigenvalue weighted by Gasteiger charge is -2.37. The third-order valence-corrected chi connectivity index (χ3v) is 6.73. The van der Waals surface area contributed by atoms with Gasteiger partial charge in [-0.1, -0.05) is 23.7 Å². The molecule has 0 bridgehead atoms. The Morgan fingerprint density at radius 2 is 1.78 bits per heavy atom. The molecule has 194 valence electrons. The van der Waals surface area contributed by atoms with E-state index in [9.17, 15) is 26.7 Å². The molecule has 0 saturated carbocycles. The summed E-state index contributed by atoms with van der Waals surface area (Å²) in [7, 11) is 1.53. The summed E-state index contributed by atoms with van der Waals surface area (Å²) in [6.07, 6.45) is -6.27. The Morgan fingerprint density at radius 1 is 1.11 bits per heavy atom. The molecule has 2 atom stereocenters. The first-order valence-electron chi connectivity index (χ1n) is 11.2. The van der Waals surface area contributed by atoms with Crippen LogP contribution in [0, 0.1) is 11.6 Å². The second-order valence-corrected chi connectivity index (χ2v) is 9.00. The molecule has 1 aromatic heterocycles. The van der Waals surface area contributed by atoms with Crippen molar-refractivity contribution >= 4 is 23.2 Å². The third kappa shape index (κ3) is 4.17. The van der Waals surface area contributed by atoms with Crippen LogP contribution in [0.3, 0.4) is 0 Å². The van der Waals surface area contributed by atoms with Gasteiger partial charge in [-0.25, -0.2) is 31.6 Å². The summed E-state index contributed by atoms with van der Waals surface area (Å²) in [5, 5.41) is 3.78. The average Bonchev–Trinajstić information content (AvgIpc) is 3.23. The number of rotatable bonds is 5. The van der Waals surface area contributed by atoms with Crippen LogP contribution in [0.5, 0.6) is 0 Å². The summed E-state index contributed by atoms with van der Waals surface area (Å²) in [6, 6.07) is 4.51. The number of nitrogens with zero attached hydrogens (tertiary/aromatic N) is 5. The van der Waals surface area contributed by atoms with Crippen molar-refractivity contribution in [2.45, 2.75) is 31.7 Å². The Bertz CT molecular complexity index is 1400. The summed E-state index contributed by atoms with van der Waals surface area (Å²) in [5.41, 5.74) is -1.66. The zero-order valence-corrected chi connectivity index (χ0v) is 20.2. The number of aliphatic imine (C=N–C) groups is 1. The number of halogens is 6. The number of amides is 1. The van der Waals surface area contributed by atoms with Gasteiger partial charge in [0.1, 0.15) is 17.7 Å². The maximum absolute atomic E-state index is 14.9. The van der Waals surface area contributed by atoms with E-state index in [2.05, 4.69) is 15.1 Å². The highest BCUT2D eigenvalue weighted by atomic mass is 35.5. The van der Waals surface area contributed by atoms with Crippen LogP contribution in [0.15, 0.2) is 35.3 Å². The molecule has 3 heterocycles. The number of carbonyl (C=O) groups is 1. The highest BCUT2D eigenvalue weighted by molar-refractivity contribution is 6.37. The molecule has 1 unspecified atom stereocenters. The fraction of sp³-hybridized carbons (Fsp3) is 0.333. The molecule has 7 nitrogen and oxygen atoms in total. The fourth-order valence-corrected chi connectivity index (χ4v) is 4.67. The number of aromatic nitrogens is 3. The van der Waals surface area contributed by atoms with Crippen molar-refractivity contribution in [3.8, 4) is 5.69 Å². The summed E-state index contributed by atoms with van der Waals surface area (Å²) in [5.74, 6) is -2.49. The van der Waals surface area contributed by atoms with Gasteiger partial charge in [0.15, 0.2) is 12.0 Å². The minimum atomic E-state index is -3.40. The molecule has 0 N–H and O–H groups in total. The summed E-state index contributed by atoms with van der Waals surface area (Å²) in [4.78, 5) is 23.1. The van der Waals surface area contributed by atoms with Gasteiger partial charge in [0, 0.05) is 31.3 Å². The molecule has 1 fully saturated rings. The predicted octanol–water partition coefficient (Wildman–Crippen LogP) is 4.86. The average molecular weight is 540 g/mol. The zero-order valence-electron chi connectivity index (χ0n) is 19.4. The lowest BCUT2D eigenvalue weighted by Crippen LogP contribution is -2.54. The second-order valence-electron chi connectivity index (χ2n) is 8.62. The number of hydrogen-bond donors (Lipinski definition) is 0. The lowest BCUT2D eigenvalue weighted by molar-refractivity contribution is -0.0197. The van der Waals surface area contributed by atoms with Crippen molar-refractivity contribution in [1.82, 2.24) is 19.7 Å². The van der Waals surface area contributed by atoms with Crippen LogP contribution >= 0.6 is 11.6 Å². The zero-order chi connectivity index (χ0) is 26.6. The first-order chi connectivity index (χ1) is 17.6. The van der Waals surface area contributed by atoms with Gasteiger partial charge >= 0.3 is 0 Å². The number of ether oxygens (including phenoxy) is 1. The van der Waals surface area contributed by atoms with E-state index in [1.54, 1.807) is 6.92 Å². The SMILES string of the molecule is COC1CN(C(=O)c2nc3n(n2)-c2ccc(C(F)C(F)F)c(Cl)c2C(c2c(F)cccc2F)=N[C@H]3C)C1. The molecular formula is C24H19ClF5N5O2. The maximum Gasteiger partial charge on any atom is 0.293 e. The molecule has 3 aromatic rings. The highest BCUT2D eigenvalue weighted by Crippen LogP contribution is 2.40. The Morgan fingerprint density at radius 3 is 2.41 bits per heavy atom. The lowest BCUT2D eigenvalue weighted by atomic mass is 9.96. The summed E-state index contributed by atoms with van der Waals surface area (Å²) < 4.78 is 77.1. The molecule has 2 aliphatic rings. The number of hydrogen-bond acceptors (Lipinski definition) is 5. The first kappa shape index (κ1) is 25.3. The van der Waals surface area contributed by atoms with Gasteiger partial charge in [-0.3, -0.25) is 9.79 Å². The smallest absolute Gasteiger partial charge is 0.293 e. The van der Waals surface area contributed by atoms with Crippen molar-refractivity contribution < 1.29 is 31.5 Å². The Hall–Kier alpha value is -3.38. The highest BCUT2D eigenvalue weighted by Gasteiger charge is 2.37. The van der Waals surface area contributed by atoms with Crippen molar-refractivity contribution in [2.24, 2.45) is 4.99 Å². The van der Waals surface area contributed by atoms with Gasteiger partial charge in [-0.15, -0.1) is 5.10 Å². The van der Waals surface area contributed by atoms with Crippen molar-refractivity contribution in [3.05, 3.63) is 75.3 Å². The van der Waals surface area contributed by atoms with Gasteiger partial charge in [0.25, 0.3) is 12.3 Å².